The van der Waals surface area contributed by atoms with Crippen LogP contribution in [-0.4, -0.2) is 37.3 Å². The molecule has 1 aliphatic rings. The minimum atomic E-state index is -0.819. The summed E-state index contributed by atoms with van der Waals surface area (Å²) in [7, 11) is 0. The lowest BCUT2D eigenvalue weighted by atomic mass is 10.2. The summed E-state index contributed by atoms with van der Waals surface area (Å²) in [4.78, 5) is 22.8. The van der Waals surface area contributed by atoms with Crippen molar-refractivity contribution in [1.29, 1.82) is 0 Å². The molecular weight excluding hydrogens is 250 g/mol. The van der Waals surface area contributed by atoms with Gasteiger partial charge in [0, 0.05) is 13.2 Å². The van der Waals surface area contributed by atoms with Crippen LogP contribution in [0.3, 0.4) is 0 Å². The van der Waals surface area contributed by atoms with E-state index in [1.807, 2.05) is 0 Å². The quantitative estimate of drug-likeness (QED) is 0.456. The zero-order valence-corrected chi connectivity index (χ0v) is 10.3. The molecule has 1 aromatic rings. The van der Waals surface area contributed by atoms with E-state index in [1.165, 1.54) is 12.5 Å². The van der Waals surface area contributed by atoms with Crippen molar-refractivity contribution in [2.75, 3.05) is 13.2 Å². The van der Waals surface area contributed by atoms with Gasteiger partial charge in [-0.15, -0.1) is 0 Å². The molecule has 0 unspecified atom stereocenters. The summed E-state index contributed by atoms with van der Waals surface area (Å²) in [5.74, 6) is -1.06. The Morgan fingerprint density at radius 3 is 3.05 bits per heavy atom. The number of rotatable bonds is 4. The Morgan fingerprint density at radius 2 is 2.37 bits per heavy atom. The number of furan rings is 1. The Hall–Kier alpha value is -2.15. The van der Waals surface area contributed by atoms with Crippen LogP contribution in [0, 0.1) is 0 Å². The van der Waals surface area contributed by atoms with Crippen molar-refractivity contribution in [3.63, 3.8) is 0 Å². The third-order valence-corrected chi connectivity index (χ3v) is 2.62. The van der Waals surface area contributed by atoms with Gasteiger partial charge in [-0.25, -0.2) is 5.43 Å². The topological polar surface area (TPSA) is 92.9 Å². The number of nitrogens with one attached hydrogen (secondary N) is 2. The van der Waals surface area contributed by atoms with Gasteiger partial charge in [-0.05, 0) is 25.0 Å². The maximum atomic E-state index is 11.4. The first-order valence-electron chi connectivity index (χ1n) is 6.02. The van der Waals surface area contributed by atoms with Gasteiger partial charge in [0.25, 0.3) is 0 Å². The van der Waals surface area contributed by atoms with Crippen LogP contribution in [0.5, 0.6) is 0 Å². The molecule has 102 valence electrons. The SMILES string of the molecule is O=C(NC[C@H]1CCCO1)C(=O)N/N=C\c1ccco1. The second-order valence-electron chi connectivity index (χ2n) is 4.06. The molecular formula is C12H15N3O4. The fourth-order valence-corrected chi connectivity index (χ4v) is 1.66. The van der Waals surface area contributed by atoms with Gasteiger partial charge in [0.15, 0.2) is 0 Å². The highest BCUT2D eigenvalue weighted by molar-refractivity contribution is 6.35. The summed E-state index contributed by atoms with van der Waals surface area (Å²) in [5, 5.41) is 6.10. The summed E-state index contributed by atoms with van der Waals surface area (Å²) in [6.07, 6.45) is 4.69. The zero-order chi connectivity index (χ0) is 13.5. The smallest absolute Gasteiger partial charge is 0.329 e. The lowest BCUT2D eigenvalue weighted by Crippen LogP contribution is -2.41. The molecule has 0 radical (unpaired) electrons. The number of carbonyl (C=O) groups is 2. The summed E-state index contributed by atoms with van der Waals surface area (Å²) in [6.45, 7) is 1.05. The highest BCUT2D eigenvalue weighted by atomic mass is 16.5. The van der Waals surface area contributed by atoms with E-state index in [-0.39, 0.29) is 6.10 Å². The highest BCUT2D eigenvalue weighted by Gasteiger charge is 2.18. The van der Waals surface area contributed by atoms with E-state index in [0.29, 0.717) is 18.9 Å². The van der Waals surface area contributed by atoms with E-state index in [1.54, 1.807) is 12.1 Å². The maximum Gasteiger partial charge on any atom is 0.329 e. The Bertz CT molecular complexity index is 450. The van der Waals surface area contributed by atoms with E-state index < -0.39 is 11.8 Å². The summed E-state index contributed by atoms with van der Waals surface area (Å²) in [6, 6.07) is 3.37. The first kappa shape index (κ1) is 13.3. The van der Waals surface area contributed by atoms with Crippen LogP contribution in [0.15, 0.2) is 27.9 Å². The largest absolute Gasteiger partial charge is 0.463 e. The number of carbonyl (C=O) groups excluding carboxylic acids is 2. The minimum absolute atomic E-state index is 0.00312. The van der Waals surface area contributed by atoms with Gasteiger partial charge in [-0.1, -0.05) is 0 Å². The molecule has 0 aliphatic carbocycles. The predicted molar refractivity (Wildman–Crippen MR) is 66.4 cm³/mol. The molecule has 1 atom stereocenters. The van der Waals surface area contributed by atoms with Crippen molar-refractivity contribution >= 4 is 18.0 Å². The molecule has 1 saturated heterocycles. The van der Waals surface area contributed by atoms with Crippen LogP contribution in [-0.2, 0) is 14.3 Å². The van der Waals surface area contributed by atoms with Crippen molar-refractivity contribution in [1.82, 2.24) is 10.7 Å². The molecule has 7 nitrogen and oxygen atoms in total. The van der Waals surface area contributed by atoms with Crippen molar-refractivity contribution < 1.29 is 18.7 Å². The van der Waals surface area contributed by atoms with Gasteiger partial charge in [-0.3, -0.25) is 9.59 Å². The molecule has 19 heavy (non-hydrogen) atoms. The standard InChI is InChI=1S/C12H15N3O4/c16-11(13-7-9-3-1-5-18-9)12(17)15-14-8-10-4-2-6-19-10/h2,4,6,8-9H,1,3,5,7H2,(H,13,16)(H,15,17)/b14-8-/t9-/m1/s1. The number of hydrogen-bond acceptors (Lipinski definition) is 5. The normalized spacial score (nSPS) is 18.6. The number of nitrogens with zero attached hydrogens (tertiary/aromatic N) is 1. The van der Waals surface area contributed by atoms with Crippen LogP contribution in [0.4, 0.5) is 0 Å². The van der Waals surface area contributed by atoms with Crippen molar-refractivity contribution in [2.24, 2.45) is 5.10 Å². The monoisotopic (exact) mass is 265 g/mol. The molecule has 2 rings (SSSR count). The molecule has 2 heterocycles. The first-order chi connectivity index (χ1) is 9.25. The maximum absolute atomic E-state index is 11.4. The number of hydrogen-bond donors (Lipinski definition) is 2. The Balaban J connectivity index is 1.68. The lowest BCUT2D eigenvalue weighted by Gasteiger charge is -2.09. The van der Waals surface area contributed by atoms with Crippen molar-refractivity contribution in [2.45, 2.75) is 18.9 Å². The van der Waals surface area contributed by atoms with Crippen molar-refractivity contribution in [3.8, 4) is 0 Å². The fourth-order valence-electron chi connectivity index (χ4n) is 1.66. The Morgan fingerprint density at radius 1 is 1.47 bits per heavy atom. The molecule has 0 bridgehead atoms. The second kappa shape index (κ2) is 6.69. The summed E-state index contributed by atoms with van der Waals surface area (Å²) < 4.78 is 10.3. The van der Waals surface area contributed by atoms with Crippen LogP contribution >= 0.6 is 0 Å². The average molecular weight is 265 g/mol. The van der Waals surface area contributed by atoms with E-state index in [9.17, 15) is 9.59 Å². The van der Waals surface area contributed by atoms with Gasteiger partial charge >= 0.3 is 11.8 Å². The number of amides is 2. The summed E-state index contributed by atoms with van der Waals surface area (Å²) in [5.41, 5.74) is 2.11. The molecule has 1 aromatic heterocycles. The fraction of sp³-hybridized carbons (Fsp3) is 0.417. The molecule has 0 saturated carbocycles. The van der Waals surface area contributed by atoms with Gasteiger partial charge in [0.2, 0.25) is 0 Å². The average Bonchev–Trinajstić information content (AvgIpc) is 3.08. The molecule has 2 amide bonds. The number of ether oxygens (including phenoxy) is 1. The third-order valence-electron chi connectivity index (χ3n) is 2.62. The Labute approximate surface area is 110 Å². The minimum Gasteiger partial charge on any atom is -0.463 e. The zero-order valence-electron chi connectivity index (χ0n) is 10.3. The van der Waals surface area contributed by atoms with Gasteiger partial charge < -0.3 is 14.5 Å². The third kappa shape index (κ3) is 4.22. The Kier molecular flexibility index (Phi) is 4.68. The van der Waals surface area contributed by atoms with E-state index in [4.69, 9.17) is 9.15 Å². The molecule has 1 fully saturated rings. The van der Waals surface area contributed by atoms with Gasteiger partial charge in [0.05, 0.1) is 18.6 Å². The van der Waals surface area contributed by atoms with E-state index >= 15 is 0 Å². The summed E-state index contributed by atoms with van der Waals surface area (Å²) >= 11 is 0. The van der Waals surface area contributed by atoms with Gasteiger partial charge in [-0.2, -0.15) is 5.10 Å². The molecule has 7 heteroatoms. The molecule has 2 N–H and O–H groups in total. The second-order valence-corrected chi connectivity index (χ2v) is 4.06. The van der Waals surface area contributed by atoms with Crippen LogP contribution in [0.25, 0.3) is 0 Å². The van der Waals surface area contributed by atoms with Crippen LogP contribution in [0.2, 0.25) is 0 Å². The molecule has 1 aliphatic heterocycles. The first-order valence-corrected chi connectivity index (χ1v) is 6.02. The predicted octanol–water partition coefficient (Wildman–Crippen LogP) is 0.0249. The lowest BCUT2D eigenvalue weighted by molar-refractivity contribution is -0.139. The van der Waals surface area contributed by atoms with Crippen molar-refractivity contribution in [3.05, 3.63) is 24.2 Å². The number of hydrazone groups is 1. The van der Waals surface area contributed by atoms with E-state index in [0.717, 1.165) is 12.8 Å². The molecule has 0 spiro atoms. The van der Waals surface area contributed by atoms with Crippen LogP contribution in [0.1, 0.15) is 18.6 Å². The van der Waals surface area contributed by atoms with Crippen LogP contribution < -0.4 is 10.7 Å². The highest BCUT2D eigenvalue weighted by Crippen LogP contribution is 2.10. The van der Waals surface area contributed by atoms with E-state index in [2.05, 4.69) is 15.8 Å². The van der Waals surface area contributed by atoms with Gasteiger partial charge in [0.1, 0.15) is 5.76 Å². The molecule has 0 aromatic carbocycles.